The molecule has 0 aliphatic carbocycles. The number of aromatic nitrogens is 1. The number of fused-ring (bicyclic) bond motifs is 1. The van der Waals surface area contributed by atoms with Crippen LogP contribution in [0, 0.1) is 11.8 Å². The number of amides is 1. The molecule has 2 saturated heterocycles. The van der Waals surface area contributed by atoms with Gasteiger partial charge in [-0.15, -0.1) is 0 Å². The number of carbonyl (C=O) groups is 1. The van der Waals surface area contributed by atoms with Gasteiger partial charge in [-0.3, -0.25) is 4.79 Å². The lowest BCUT2D eigenvalue weighted by molar-refractivity contribution is -0.141. The van der Waals surface area contributed by atoms with Gasteiger partial charge in [0.1, 0.15) is 5.82 Å². The van der Waals surface area contributed by atoms with Crippen molar-refractivity contribution in [1.82, 2.24) is 9.88 Å². The molecule has 0 spiro atoms. The molecular formula is C20H25N3O2. The Bertz CT molecular complexity index is 755. The third-order valence-corrected chi connectivity index (χ3v) is 5.46. The smallest absolute Gasteiger partial charge is 0.226 e. The van der Waals surface area contributed by atoms with Crippen molar-refractivity contribution in [2.45, 2.75) is 13.3 Å². The summed E-state index contributed by atoms with van der Waals surface area (Å²) in [7, 11) is 0. The molecule has 1 aromatic heterocycles. The molecule has 0 saturated carbocycles. The summed E-state index contributed by atoms with van der Waals surface area (Å²) in [4.78, 5) is 21.9. The predicted molar refractivity (Wildman–Crippen MR) is 98.6 cm³/mol. The molecular weight excluding hydrogens is 314 g/mol. The van der Waals surface area contributed by atoms with Crippen LogP contribution in [-0.2, 0) is 9.53 Å². The number of pyridine rings is 1. The third-order valence-electron chi connectivity index (χ3n) is 5.46. The van der Waals surface area contributed by atoms with Gasteiger partial charge in [-0.1, -0.05) is 25.1 Å². The number of hydrogen-bond acceptors (Lipinski definition) is 4. The summed E-state index contributed by atoms with van der Waals surface area (Å²) in [6, 6.07) is 12.4. The van der Waals surface area contributed by atoms with E-state index in [-0.39, 0.29) is 5.92 Å². The van der Waals surface area contributed by atoms with E-state index < -0.39 is 0 Å². The average molecular weight is 339 g/mol. The molecule has 132 valence electrons. The second-order valence-electron chi connectivity index (χ2n) is 7.12. The Morgan fingerprint density at radius 2 is 1.92 bits per heavy atom. The van der Waals surface area contributed by atoms with Crippen LogP contribution >= 0.6 is 0 Å². The number of hydrogen-bond donors (Lipinski definition) is 0. The molecule has 25 heavy (non-hydrogen) atoms. The normalized spacial score (nSPS) is 24.5. The largest absolute Gasteiger partial charge is 0.381 e. The zero-order valence-corrected chi connectivity index (χ0v) is 14.7. The first kappa shape index (κ1) is 16.3. The topological polar surface area (TPSA) is 45.7 Å². The highest BCUT2D eigenvalue weighted by Gasteiger charge is 2.33. The van der Waals surface area contributed by atoms with Crippen LogP contribution in [-0.4, -0.2) is 55.2 Å². The van der Waals surface area contributed by atoms with Gasteiger partial charge < -0.3 is 14.5 Å². The van der Waals surface area contributed by atoms with Gasteiger partial charge in [0.2, 0.25) is 5.91 Å². The lowest BCUT2D eigenvalue weighted by Crippen LogP contribution is -2.52. The van der Waals surface area contributed by atoms with Crippen LogP contribution in [0.1, 0.15) is 13.3 Å². The summed E-state index contributed by atoms with van der Waals surface area (Å²) in [5.41, 5.74) is 1.02. The maximum absolute atomic E-state index is 12.8. The number of benzene rings is 1. The second kappa shape index (κ2) is 7.00. The minimum absolute atomic E-state index is 0.124. The molecule has 2 aliphatic rings. The van der Waals surface area contributed by atoms with E-state index in [1.54, 1.807) is 0 Å². The van der Waals surface area contributed by atoms with E-state index >= 15 is 0 Å². The zero-order chi connectivity index (χ0) is 17.2. The van der Waals surface area contributed by atoms with Crippen molar-refractivity contribution in [1.29, 1.82) is 0 Å². The molecule has 2 unspecified atom stereocenters. The van der Waals surface area contributed by atoms with Crippen molar-refractivity contribution in [2.75, 3.05) is 44.3 Å². The Morgan fingerprint density at radius 3 is 2.72 bits per heavy atom. The predicted octanol–water partition coefficient (Wildman–Crippen LogP) is 2.56. The van der Waals surface area contributed by atoms with E-state index in [0.717, 1.165) is 49.3 Å². The number of carbonyl (C=O) groups excluding carboxylic acids is 1. The van der Waals surface area contributed by atoms with Crippen LogP contribution in [0.3, 0.4) is 0 Å². The molecule has 2 atom stereocenters. The lowest BCUT2D eigenvalue weighted by atomic mass is 9.88. The van der Waals surface area contributed by atoms with Gasteiger partial charge >= 0.3 is 0 Å². The number of ether oxygens (including phenoxy) is 1. The van der Waals surface area contributed by atoms with Crippen LogP contribution < -0.4 is 4.90 Å². The SMILES string of the molecule is CC1COCCC1C(=O)N1CCN(c2ccc3ccccc3n2)CC1. The number of rotatable bonds is 2. The number of para-hydroxylation sites is 1. The molecule has 0 radical (unpaired) electrons. The Labute approximate surface area is 148 Å². The van der Waals surface area contributed by atoms with Gasteiger partial charge in [-0.2, -0.15) is 0 Å². The number of anilines is 1. The molecule has 4 rings (SSSR count). The molecule has 5 nitrogen and oxygen atoms in total. The van der Waals surface area contributed by atoms with Crippen LogP contribution in [0.15, 0.2) is 36.4 Å². The third kappa shape index (κ3) is 3.33. The van der Waals surface area contributed by atoms with Crippen molar-refractivity contribution >= 4 is 22.6 Å². The molecule has 2 aliphatic heterocycles. The Kier molecular flexibility index (Phi) is 4.57. The fourth-order valence-electron chi connectivity index (χ4n) is 3.87. The fraction of sp³-hybridized carbons (Fsp3) is 0.500. The summed E-state index contributed by atoms with van der Waals surface area (Å²) in [6.07, 6.45) is 0.854. The highest BCUT2D eigenvalue weighted by molar-refractivity contribution is 5.81. The number of nitrogens with zero attached hydrogens (tertiary/aromatic N) is 3. The zero-order valence-electron chi connectivity index (χ0n) is 14.7. The summed E-state index contributed by atoms with van der Waals surface area (Å²) in [5, 5.41) is 1.16. The fourth-order valence-corrected chi connectivity index (χ4v) is 3.87. The van der Waals surface area contributed by atoms with Gasteiger partial charge in [0, 0.05) is 50.7 Å². The van der Waals surface area contributed by atoms with Crippen molar-refractivity contribution in [2.24, 2.45) is 11.8 Å². The van der Waals surface area contributed by atoms with Crippen LogP contribution in [0.25, 0.3) is 10.9 Å². The van der Waals surface area contributed by atoms with Crippen molar-refractivity contribution in [3.05, 3.63) is 36.4 Å². The monoisotopic (exact) mass is 339 g/mol. The van der Waals surface area contributed by atoms with E-state index in [9.17, 15) is 4.79 Å². The molecule has 0 N–H and O–H groups in total. The molecule has 2 fully saturated rings. The van der Waals surface area contributed by atoms with Gasteiger partial charge in [0.15, 0.2) is 0 Å². The summed E-state index contributed by atoms with van der Waals surface area (Å²) < 4.78 is 5.47. The van der Waals surface area contributed by atoms with Gasteiger partial charge in [-0.25, -0.2) is 4.98 Å². The average Bonchev–Trinajstić information content (AvgIpc) is 2.67. The Balaban J connectivity index is 1.41. The van der Waals surface area contributed by atoms with Crippen molar-refractivity contribution < 1.29 is 9.53 Å². The quantitative estimate of drug-likeness (QED) is 0.844. The standard InChI is InChI=1S/C20H25N3O2/c1-15-14-25-13-8-17(15)20(24)23-11-9-22(10-12-23)19-7-6-16-4-2-3-5-18(16)21-19/h2-7,15,17H,8-14H2,1H3. The summed E-state index contributed by atoms with van der Waals surface area (Å²) >= 11 is 0. The van der Waals surface area contributed by atoms with Crippen molar-refractivity contribution in [3.8, 4) is 0 Å². The first-order valence-electron chi connectivity index (χ1n) is 9.19. The number of piperazine rings is 1. The Hall–Kier alpha value is -2.14. The van der Waals surface area contributed by atoms with E-state index in [1.165, 1.54) is 0 Å². The van der Waals surface area contributed by atoms with Crippen LogP contribution in [0.4, 0.5) is 5.82 Å². The Morgan fingerprint density at radius 1 is 1.12 bits per heavy atom. The highest BCUT2D eigenvalue weighted by Crippen LogP contribution is 2.25. The second-order valence-corrected chi connectivity index (χ2v) is 7.12. The maximum atomic E-state index is 12.8. The van der Waals surface area contributed by atoms with E-state index in [1.807, 2.05) is 23.1 Å². The maximum Gasteiger partial charge on any atom is 0.226 e. The van der Waals surface area contributed by atoms with Gasteiger partial charge in [0.05, 0.1) is 5.52 Å². The minimum atomic E-state index is 0.124. The van der Waals surface area contributed by atoms with E-state index in [4.69, 9.17) is 9.72 Å². The molecule has 3 heterocycles. The first-order valence-corrected chi connectivity index (χ1v) is 9.19. The lowest BCUT2D eigenvalue weighted by Gasteiger charge is -2.39. The highest BCUT2D eigenvalue weighted by atomic mass is 16.5. The van der Waals surface area contributed by atoms with E-state index in [2.05, 4.69) is 30.0 Å². The van der Waals surface area contributed by atoms with Crippen LogP contribution in [0.2, 0.25) is 0 Å². The summed E-state index contributed by atoms with van der Waals surface area (Å²) in [6.45, 7) is 6.77. The molecule has 1 aromatic carbocycles. The van der Waals surface area contributed by atoms with Crippen molar-refractivity contribution in [3.63, 3.8) is 0 Å². The first-order chi connectivity index (χ1) is 12.2. The molecule has 5 heteroatoms. The molecule has 2 aromatic rings. The molecule has 0 bridgehead atoms. The molecule has 1 amide bonds. The van der Waals surface area contributed by atoms with Gasteiger partial charge in [0.25, 0.3) is 0 Å². The minimum Gasteiger partial charge on any atom is -0.381 e. The van der Waals surface area contributed by atoms with Gasteiger partial charge in [-0.05, 0) is 30.5 Å². The van der Waals surface area contributed by atoms with Crippen LogP contribution in [0.5, 0.6) is 0 Å². The van der Waals surface area contributed by atoms with E-state index in [0.29, 0.717) is 25.0 Å². The summed E-state index contributed by atoms with van der Waals surface area (Å²) in [5.74, 6) is 1.76.